The molecule has 4 aromatic carbocycles. The monoisotopic (exact) mass is 380 g/mol. The third-order valence-corrected chi connectivity index (χ3v) is 5.72. The molecule has 0 fully saturated rings. The van der Waals surface area contributed by atoms with Crippen LogP contribution in [0.5, 0.6) is 11.5 Å². The minimum atomic E-state index is -0.207. The van der Waals surface area contributed by atoms with Gasteiger partial charge in [0.25, 0.3) is 0 Å². The van der Waals surface area contributed by atoms with Crippen LogP contribution in [-0.4, -0.2) is 10.2 Å². The molecule has 29 heavy (non-hydrogen) atoms. The Morgan fingerprint density at radius 1 is 0.517 bits per heavy atom. The molecule has 0 saturated carbocycles. The maximum absolute atomic E-state index is 10.8. The van der Waals surface area contributed by atoms with Crippen molar-refractivity contribution in [2.45, 2.75) is 5.92 Å². The van der Waals surface area contributed by atoms with Crippen molar-refractivity contribution in [1.82, 2.24) is 0 Å². The number of hydrogen-bond acceptors (Lipinski definition) is 4. The summed E-state index contributed by atoms with van der Waals surface area (Å²) in [7, 11) is 0. The number of phenolic OH excluding ortho intramolecular Hbond substituents is 2. The van der Waals surface area contributed by atoms with Gasteiger partial charge in [0.15, 0.2) is 0 Å². The number of phenols is 2. The molecule has 0 saturated heterocycles. The lowest BCUT2D eigenvalue weighted by Crippen LogP contribution is -2.03. The Balaban J connectivity index is 1.86. The molecular formula is C25H20N2O2. The van der Waals surface area contributed by atoms with Gasteiger partial charge in [0, 0.05) is 17.0 Å². The summed E-state index contributed by atoms with van der Waals surface area (Å²) in [5.74, 6) is -0.0547. The number of nitrogens with two attached hydrogens (primary N) is 2. The Morgan fingerprint density at radius 3 is 1.83 bits per heavy atom. The quantitative estimate of drug-likeness (QED) is 0.253. The van der Waals surface area contributed by atoms with Gasteiger partial charge in [-0.3, -0.25) is 0 Å². The molecule has 1 aliphatic rings. The van der Waals surface area contributed by atoms with E-state index in [1.165, 1.54) is 0 Å². The van der Waals surface area contributed by atoms with Crippen molar-refractivity contribution >= 4 is 11.4 Å². The molecule has 0 heterocycles. The molecule has 0 bridgehead atoms. The number of aromatic hydroxyl groups is 2. The third kappa shape index (κ3) is 2.46. The van der Waals surface area contributed by atoms with Gasteiger partial charge in [0.1, 0.15) is 11.5 Å². The first-order chi connectivity index (χ1) is 14.1. The molecule has 0 aliphatic heterocycles. The minimum absolute atomic E-state index is 0.0624. The summed E-state index contributed by atoms with van der Waals surface area (Å²) in [6.45, 7) is 0. The van der Waals surface area contributed by atoms with E-state index in [2.05, 4.69) is 18.2 Å². The fourth-order valence-electron chi connectivity index (χ4n) is 4.41. The predicted octanol–water partition coefficient (Wildman–Crippen LogP) is 5.09. The van der Waals surface area contributed by atoms with Crippen molar-refractivity contribution in [3.8, 4) is 33.8 Å². The summed E-state index contributed by atoms with van der Waals surface area (Å²) in [5.41, 5.74) is 19.3. The summed E-state index contributed by atoms with van der Waals surface area (Å²) in [4.78, 5) is 0. The maximum atomic E-state index is 10.8. The third-order valence-electron chi connectivity index (χ3n) is 5.72. The van der Waals surface area contributed by atoms with Crippen molar-refractivity contribution in [3.05, 3.63) is 95.6 Å². The van der Waals surface area contributed by atoms with Gasteiger partial charge < -0.3 is 21.7 Å². The van der Waals surface area contributed by atoms with E-state index in [0.29, 0.717) is 16.9 Å². The number of anilines is 2. The molecule has 4 heteroatoms. The van der Waals surface area contributed by atoms with Gasteiger partial charge in [-0.25, -0.2) is 0 Å². The van der Waals surface area contributed by atoms with Crippen LogP contribution >= 0.6 is 0 Å². The maximum Gasteiger partial charge on any atom is 0.146 e. The van der Waals surface area contributed by atoms with Crippen LogP contribution in [0.2, 0.25) is 0 Å². The molecule has 5 rings (SSSR count). The SMILES string of the molecule is Nc1cccc(-c2cccc3c2C(c2cccc(N)c2O)c2ccccc2-3)c1O. The molecule has 6 N–H and O–H groups in total. The number of nitrogen functional groups attached to an aromatic ring is 2. The van der Waals surface area contributed by atoms with E-state index in [4.69, 9.17) is 11.5 Å². The Kier molecular flexibility index (Phi) is 3.74. The van der Waals surface area contributed by atoms with Gasteiger partial charge in [-0.2, -0.15) is 0 Å². The zero-order valence-corrected chi connectivity index (χ0v) is 15.6. The standard InChI is InChI=1S/C25H20N2O2/c26-20-12-4-10-18(24(20)28)17-9-3-8-16-14-6-1-2-7-15(14)23(22(16)17)19-11-5-13-21(27)25(19)29/h1-13,23,28-29H,26-27H2. The minimum Gasteiger partial charge on any atom is -0.505 e. The van der Waals surface area contributed by atoms with Gasteiger partial charge >= 0.3 is 0 Å². The molecule has 0 aromatic heterocycles. The average molecular weight is 380 g/mol. The van der Waals surface area contributed by atoms with E-state index in [9.17, 15) is 10.2 Å². The second-order valence-corrected chi connectivity index (χ2v) is 7.32. The predicted molar refractivity (Wildman–Crippen MR) is 117 cm³/mol. The molecule has 0 amide bonds. The van der Waals surface area contributed by atoms with Crippen LogP contribution in [-0.2, 0) is 0 Å². The Morgan fingerprint density at radius 2 is 1.03 bits per heavy atom. The highest BCUT2D eigenvalue weighted by atomic mass is 16.3. The highest BCUT2D eigenvalue weighted by Crippen LogP contribution is 2.54. The number of para-hydroxylation sites is 2. The van der Waals surface area contributed by atoms with Crippen molar-refractivity contribution < 1.29 is 10.2 Å². The number of hydrogen-bond donors (Lipinski definition) is 4. The van der Waals surface area contributed by atoms with Crippen LogP contribution in [0.1, 0.15) is 22.6 Å². The van der Waals surface area contributed by atoms with E-state index in [0.717, 1.165) is 33.4 Å². The highest BCUT2D eigenvalue weighted by Gasteiger charge is 2.34. The van der Waals surface area contributed by atoms with E-state index < -0.39 is 0 Å². The lowest BCUT2D eigenvalue weighted by atomic mass is 9.84. The number of benzene rings is 4. The zero-order valence-electron chi connectivity index (χ0n) is 15.6. The van der Waals surface area contributed by atoms with Gasteiger partial charge in [0.05, 0.1) is 11.4 Å². The highest BCUT2D eigenvalue weighted by molar-refractivity contribution is 5.91. The lowest BCUT2D eigenvalue weighted by molar-refractivity contribution is 0.470. The van der Waals surface area contributed by atoms with Crippen LogP contribution < -0.4 is 11.5 Å². The molecule has 1 atom stereocenters. The summed E-state index contributed by atoms with van der Waals surface area (Å²) in [6.07, 6.45) is 0. The number of rotatable bonds is 2. The molecule has 0 spiro atoms. The average Bonchev–Trinajstić information content (AvgIpc) is 3.07. The molecule has 1 unspecified atom stereocenters. The van der Waals surface area contributed by atoms with E-state index >= 15 is 0 Å². The molecule has 4 nitrogen and oxygen atoms in total. The molecule has 0 radical (unpaired) electrons. The largest absolute Gasteiger partial charge is 0.505 e. The van der Waals surface area contributed by atoms with Gasteiger partial charge in [0.2, 0.25) is 0 Å². The molecule has 1 aliphatic carbocycles. The Labute approximate surface area is 168 Å². The van der Waals surface area contributed by atoms with Crippen LogP contribution in [0.3, 0.4) is 0 Å². The number of fused-ring (bicyclic) bond motifs is 3. The second-order valence-electron chi connectivity index (χ2n) is 7.32. The second kappa shape index (κ2) is 6.31. The Hall–Kier alpha value is -3.92. The smallest absolute Gasteiger partial charge is 0.146 e. The van der Waals surface area contributed by atoms with E-state index in [1.807, 2.05) is 48.5 Å². The Bertz CT molecular complexity index is 1260. The molecular weight excluding hydrogens is 360 g/mol. The van der Waals surface area contributed by atoms with Gasteiger partial charge in [-0.1, -0.05) is 66.7 Å². The molecule has 142 valence electrons. The van der Waals surface area contributed by atoms with Crippen molar-refractivity contribution in [1.29, 1.82) is 0 Å². The van der Waals surface area contributed by atoms with Crippen molar-refractivity contribution in [2.24, 2.45) is 0 Å². The van der Waals surface area contributed by atoms with Gasteiger partial charge in [-0.05, 0) is 39.9 Å². The fourth-order valence-corrected chi connectivity index (χ4v) is 4.41. The van der Waals surface area contributed by atoms with Crippen LogP contribution in [0.25, 0.3) is 22.3 Å². The normalized spacial score (nSPS) is 14.4. The van der Waals surface area contributed by atoms with E-state index in [1.54, 1.807) is 12.1 Å². The van der Waals surface area contributed by atoms with Crippen LogP contribution in [0, 0.1) is 0 Å². The summed E-state index contributed by atoms with van der Waals surface area (Å²) in [6, 6.07) is 25.0. The summed E-state index contributed by atoms with van der Waals surface area (Å²) >= 11 is 0. The zero-order chi connectivity index (χ0) is 20.1. The lowest BCUT2D eigenvalue weighted by Gasteiger charge is -2.20. The van der Waals surface area contributed by atoms with Gasteiger partial charge in [-0.15, -0.1) is 0 Å². The first kappa shape index (κ1) is 17.2. The van der Waals surface area contributed by atoms with Crippen molar-refractivity contribution in [2.75, 3.05) is 11.5 Å². The van der Waals surface area contributed by atoms with E-state index in [-0.39, 0.29) is 17.4 Å². The summed E-state index contributed by atoms with van der Waals surface area (Å²) in [5, 5.41) is 21.4. The fraction of sp³-hybridized carbons (Fsp3) is 0.0400. The topological polar surface area (TPSA) is 92.5 Å². The van der Waals surface area contributed by atoms with Crippen molar-refractivity contribution in [3.63, 3.8) is 0 Å². The molecule has 4 aromatic rings. The first-order valence-electron chi connectivity index (χ1n) is 9.45. The summed E-state index contributed by atoms with van der Waals surface area (Å²) < 4.78 is 0. The first-order valence-corrected chi connectivity index (χ1v) is 9.45. The van der Waals surface area contributed by atoms with Crippen LogP contribution in [0.15, 0.2) is 78.9 Å². The van der Waals surface area contributed by atoms with Crippen LogP contribution in [0.4, 0.5) is 11.4 Å².